The summed E-state index contributed by atoms with van der Waals surface area (Å²) < 4.78 is 37.1. The first kappa shape index (κ1) is 15.2. The predicted molar refractivity (Wildman–Crippen MR) is 66.5 cm³/mol. The monoisotopic (exact) mass is 316 g/mol. The summed E-state index contributed by atoms with van der Waals surface area (Å²) in [5.41, 5.74) is 0. The maximum absolute atomic E-state index is 12.4. The minimum Gasteiger partial charge on any atom is -0.309 e. The normalized spacial score (nSPS) is 22.1. The molecular formula is C11H20BrF3N2. The van der Waals surface area contributed by atoms with Gasteiger partial charge in [0.05, 0.1) is 0 Å². The van der Waals surface area contributed by atoms with E-state index in [4.69, 9.17) is 0 Å². The second-order valence-corrected chi connectivity index (χ2v) is 6.12. The summed E-state index contributed by atoms with van der Waals surface area (Å²) in [4.78, 5) is 2.64. The summed E-state index contributed by atoms with van der Waals surface area (Å²) >= 11 is 2.71. The molecular weight excluding hydrogens is 297 g/mol. The average molecular weight is 317 g/mol. The van der Waals surface area contributed by atoms with E-state index in [1.807, 2.05) is 19.0 Å². The molecule has 0 amide bonds. The molecule has 2 nitrogen and oxygen atoms in total. The molecule has 0 aromatic heterocycles. The quantitative estimate of drug-likeness (QED) is 0.736. The Bertz CT molecular complexity index is 225. The van der Waals surface area contributed by atoms with Crippen molar-refractivity contribution in [3.8, 4) is 0 Å². The van der Waals surface area contributed by atoms with Crippen molar-refractivity contribution in [1.29, 1.82) is 0 Å². The van der Waals surface area contributed by atoms with Crippen molar-refractivity contribution in [2.24, 2.45) is 5.92 Å². The molecule has 0 radical (unpaired) electrons. The average Bonchev–Trinajstić information content (AvgIpc) is 2.18. The van der Waals surface area contributed by atoms with Gasteiger partial charge in [0.15, 0.2) is 0 Å². The van der Waals surface area contributed by atoms with Crippen LogP contribution in [0, 0.1) is 5.92 Å². The van der Waals surface area contributed by atoms with Gasteiger partial charge >= 0.3 is 6.18 Å². The van der Waals surface area contributed by atoms with E-state index in [0.29, 0.717) is 5.92 Å². The van der Waals surface area contributed by atoms with Gasteiger partial charge in [-0.3, -0.25) is 0 Å². The highest BCUT2D eigenvalue weighted by Gasteiger charge is 2.39. The summed E-state index contributed by atoms with van der Waals surface area (Å²) in [5.74, 6) is 0.626. The van der Waals surface area contributed by atoms with Gasteiger partial charge in [-0.25, -0.2) is 0 Å². The van der Waals surface area contributed by atoms with E-state index in [9.17, 15) is 13.2 Å². The van der Waals surface area contributed by atoms with Crippen LogP contribution < -0.4 is 0 Å². The van der Waals surface area contributed by atoms with Gasteiger partial charge in [0.1, 0.15) is 4.83 Å². The smallest absolute Gasteiger partial charge is 0.309 e. The molecule has 1 aliphatic heterocycles. The van der Waals surface area contributed by atoms with E-state index < -0.39 is 11.0 Å². The molecule has 0 saturated carbocycles. The lowest BCUT2D eigenvalue weighted by Gasteiger charge is -2.34. The van der Waals surface area contributed by atoms with E-state index >= 15 is 0 Å². The third kappa shape index (κ3) is 5.57. The molecule has 1 heterocycles. The predicted octanol–water partition coefficient (Wildman–Crippen LogP) is 2.59. The first-order chi connectivity index (χ1) is 7.79. The van der Waals surface area contributed by atoms with Crippen LogP contribution in [-0.4, -0.2) is 61.1 Å². The number of hydrogen-bond acceptors (Lipinski definition) is 2. The molecule has 0 aromatic rings. The van der Waals surface area contributed by atoms with Crippen LogP contribution in [0.25, 0.3) is 0 Å². The van der Waals surface area contributed by atoms with Crippen LogP contribution in [0.3, 0.4) is 0 Å². The Labute approximate surface area is 109 Å². The lowest BCUT2D eigenvalue weighted by Crippen LogP contribution is -2.43. The fourth-order valence-corrected chi connectivity index (χ4v) is 2.61. The molecule has 0 spiro atoms. The van der Waals surface area contributed by atoms with Crippen LogP contribution in [0.2, 0.25) is 0 Å². The molecule has 0 N–H and O–H groups in total. The van der Waals surface area contributed by atoms with Crippen molar-refractivity contribution in [3.05, 3.63) is 0 Å². The molecule has 1 aliphatic rings. The summed E-state index contributed by atoms with van der Waals surface area (Å²) in [5, 5.41) is 0. The standard InChI is InChI=1S/C11H20BrF3N2/c1-16(2)7-9-3-5-17(6-4-9)8-10(12)11(13,14)15/h9-10H,3-8H2,1-2H3. The number of alkyl halides is 4. The highest BCUT2D eigenvalue weighted by Crippen LogP contribution is 2.28. The van der Waals surface area contributed by atoms with Crippen LogP contribution >= 0.6 is 15.9 Å². The Morgan fingerprint density at radius 3 is 2.24 bits per heavy atom. The fraction of sp³-hybridized carbons (Fsp3) is 1.00. The van der Waals surface area contributed by atoms with Crippen molar-refractivity contribution in [2.75, 3.05) is 40.3 Å². The molecule has 1 atom stereocenters. The third-order valence-corrected chi connectivity index (χ3v) is 3.91. The zero-order valence-electron chi connectivity index (χ0n) is 10.3. The largest absolute Gasteiger partial charge is 0.402 e. The molecule has 0 bridgehead atoms. The van der Waals surface area contributed by atoms with Crippen molar-refractivity contribution in [2.45, 2.75) is 23.8 Å². The maximum Gasteiger partial charge on any atom is 0.402 e. The van der Waals surface area contributed by atoms with Crippen molar-refractivity contribution >= 4 is 15.9 Å². The second-order valence-electron chi connectivity index (χ2n) is 5.02. The third-order valence-electron chi connectivity index (χ3n) is 3.10. The Kier molecular flexibility index (Phi) is 5.73. The number of piperidine rings is 1. The van der Waals surface area contributed by atoms with Gasteiger partial charge in [-0.1, -0.05) is 15.9 Å². The lowest BCUT2D eigenvalue weighted by molar-refractivity contribution is -0.131. The molecule has 1 fully saturated rings. The Morgan fingerprint density at radius 1 is 1.29 bits per heavy atom. The Balaban J connectivity index is 2.28. The van der Waals surface area contributed by atoms with E-state index in [0.717, 1.165) is 32.5 Å². The first-order valence-corrected chi connectivity index (χ1v) is 6.78. The van der Waals surface area contributed by atoms with E-state index in [1.165, 1.54) is 0 Å². The summed E-state index contributed by atoms with van der Waals surface area (Å²) in [6.45, 7) is 2.65. The maximum atomic E-state index is 12.4. The number of rotatable bonds is 4. The van der Waals surface area contributed by atoms with Crippen molar-refractivity contribution < 1.29 is 13.2 Å². The second kappa shape index (κ2) is 6.38. The number of likely N-dealkylation sites (tertiary alicyclic amines) is 1. The van der Waals surface area contributed by atoms with Gasteiger partial charge in [0.2, 0.25) is 0 Å². The number of nitrogens with zero attached hydrogens (tertiary/aromatic N) is 2. The molecule has 1 rings (SSSR count). The van der Waals surface area contributed by atoms with Gasteiger partial charge in [-0.15, -0.1) is 0 Å². The van der Waals surface area contributed by atoms with Crippen molar-refractivity contribution in [3.63, 3.8) is 0 Å². The van der Waals surface area contributed by atoms with Crippen LogP contribution in [-0.2, 0) is 0 Å². The Morgan fingerprint density at radius 2 is 1.82 bits per heavy atom. The van der Waals surface area contributed by atoms with Gasteiger partial charge in [0, 0.05) is 13.1 Å². The highest BCUT2D eigenvalue weighted by molar-refractivity contribution is 9.09. The fourth-order valence-electron chi connectivity index (χ4n) is 2.20. The van der Waals surface area contributed by atoms with Crippen molar-refractivity contribution in [1.82, 2.24) is 9.80 Å². The number of halogens is 4. The first-order valence-electron chi connectivity index (χ1n) is 5.87. The summed E-state index contributed by atoms with van der Waals surface area (Å²) in [6, 6.07) is 0. The van der Waals surface area contributed by atoms with E-state index in [1.54, 1.807) is 0 Å². The lowest BCUT2D eigenvalue weighted by atomic mass is 9.96. The minimum absolute atomic E-state index is 0.0676. The van der Waals surface area contributed by atoms with E-state index in [-0.39, 0.29) is 6.54 Å². The Hall–Kier alpha value is 0.190. The zero-order valence-corrected chi connectivity index (χ0v) is 11.9. The van der Waals surface area contributed by atoms with Gasteiger partial charge in [0.25, 0.3) is 0 Å². The molecule has 1 saturated heterocycles. The molecule has 17 heavy (non-hydrogen) atoms. The summed E-state index contributed by atoms with van der Waals surface area (Å²) in [6.07, 6.45) is -2.15. The molecule has 6 heteroatoms. The topological polar surface area (TPSA) is 6.48 Å². The zero-order chi connectivity index (χ0) is 13.1. The van der Waals surface area contributed by atoms with Crippen LogP contribution in [0.15, 0.2) is 0 Å². The summed E-state index contributed by atoms with van der Waals surface area (Å²) in [7, 11) is 4.06. The van der Waals surface area contributed by atoms with Gasteiger partial charge in [-0.2, -0.15) is 13.2 Å². The highest BCUT2D eigenvalue weighted by atomic mass is 79.9. The van der Waals surface area contributed by atoms with Crippen LogP contribution in [0.5, 0.6) is 0 Å². The van der Waals surface area contributed by atoms with Gasteiger partial charge in [-0.05, 0) is 45.9 Å². The molecule has 102 valence electrons. The molecule has 1 unspecified atom stereocenters. The van der Waals surface area contributed by atoms with Crippen LogP contribution in [0.1, 0.15) is 12.8 Å². The van der Waals surface area contributed by atoms with E-state index in [2.05, 4.69) is 20.8 Å². The minimum atomic E-state index is -4.14. The molecule has 0 aromatic carbocycles. The van der Waals surface area contributed by atoms with Gasteiger partial charge < -0.3 is 9.80 Å². The SMILES string of the molecule is CN(C)CC1CCN(CC(Br)C(F)(F)F)CC1. The number of hydrogen-bond donors (Lipinski definition) is 0. The van der Waals surface area contributed by atoms with Crippen LogP contribution in [0.4, 0.5) is 13.2 Å². The molecule has 0 aliphatic carbocycles.